The summed E-state index contributed by atoms with van der Waals surface area (Å²) in [6.45, 7) is 4.46. The highest BCUT2D eigenvalue weighted by atomic mass is 35.5. The highest BCUT2D eigenvalue weighted by Gasteiger charge is 2.23. The number of benzene rings is 1. The highest BCUT2D eigenvalue weighted by molar-refractivity contribution is 6.05. The monoisotopic (exact) mass is 327 g/mol. The highest BCUT2D eigenvalue weighted by Crippen LogP contribution is 2.18. The summed E-state index contributed by atoms with van der Waals surface area (Å²) in [6, 6.07) is 10.00. The molecule has 4 nitrogen and oxygen atoms in total. The molecule has 2 heterocycles. The Labute approximate surface area is 136 Å². The second-order valence-electron chi connectivity index (χ2n) is 4.99. The molecule has 6 heteroatoms. The number of hydrogen-bond acceptors (Lipinski definition) is 3. The zero-order valence-corrected chi connectivity index (χ0v) is 13.4. The van der Waals surface area contributed by atoms with Crippen molar-refractivity contribution in [1.82, 2.24) is 15.2 Å². The van der Waals surface area contributed by atoms with Gasteiger partial charge in [-0.2, -0.15) is 0 Å². The van der Waals surface area contributed by atoms with Crippen LogP contribution in [0.2, 0.25) is 0 Å². The number of carbonyl (C=O) groups is 1. The number of nitrogens with one attached hydrogen (secondary N) is 1. The first-order chi connectivity index (χ1) is 9.25. The van der Waals surface area contributed by atoms with Gasteiger partial charge in [0.2, 0.25) is 0 Å². The van der Waals surface area contributed by atoms with Gasteiger partial charge in [0, 0.05) is 37.3 Å². The molecule has 114 valence electrons. The lowest BCUT2D eigenvalue weighted by Crippen LogP contribution is -2.51. The third-order valence-electron chi connectivity index (χ3n) is 3.52. The molecule has 3 rings (SSSR count). The van der Waals surface area contributed by atoms with Gasteiger partial charge in [-0.05, 0) is 19.1 Å². The van der Waals surface area contributed by atoms with Crippen LogP contribution in [0.5, 0.6) is 0 Å². The van der Waals surface area contributed by atoms with Gasteiger partial charge in [-0.3, -0.25) is 9.78 Å². The van der Waals surface area contributed by atoms with Crippen LogP contribution >= 0.6 is 24.8 Å². The van der Waals surface area contributed by atoms with Crippen LogP contribution in [0.4, 0.5) is 0 Å². The molecule has 1 saturated heterocycles. The van der Waals surface area contributed by atoms with E-state index in [-0.39, 0.29) is 30.7 Å². The third kappa shape index (κ3) is 3.64. The number of amides is 1. The minimum Gasteiger partial charge on any atom is -0.336 e. The number of halogens is 2. The van der Waals surface area contributed by atoms with E-state index in [9.17, 15) is 4.79 Å². The van der Waals surface area contributed by atoms with E-state index in [1.165, 1.54) is 0 Å². The van der Waals surface area contributed by atoms with Gasteiger partial charge in [0.1, 0.15) is 0 Å². The summed E-state index contributed by atoms with van der Waals surface area (Å²) >= 11 is 0. The molecular weight excluding hydrogens is 309 g/mol. The molecule has 1 aromatic heterocycles. The molecule has 1 aliphatic heterocycles. The molecule has 1 N–H and O–H groups in total. The molecule has 1 fully saturated rings. The Morgan fingerprint density at radius 1 is 1.29 bits per heavy atom. The zero-order chi connectivity index (χ0) is 13.2. The minimum atomic E-state index is 0. The van der Waals surface area contributed by atoms with Crippen LogP contribution in [-0.4, -0.2) is 41.5 Å². The van der Waals surface area contributed by atoms with E-state index in [1.807, 2.05) is 35.2 Å². The predicted octanol–water partition coefficient (Wildman–Crippen LogP) is 2.51. The Balaban J connectivity index is 0.00000110. The fourth-order valence-corrected chi connectivity index (χ4v) is 2.56. The maximum absolute atomic E-state index is 12.6. The maximum Gasteiger partial charge on any atom is 0.256 e. The van der Waals surface area contributed by atoms with E-state index in [2.05, 4.69) is 17.2 Å². The minimum absolute atomic E-state index is 0. The molecule has 1 aliphatic rings. The second kappa shape index (κ2) is 7.59. The Morgan fingerprint density at radius 2 is 2.05 bits per heavy atom. The van der Waals surface area contributed by atoms with Gasteiger partial charge in [0.25, 0.3) is 5.91 Å². The van der Waals surface area contributed by atoms with Crippen molar-refractivity contribution in [2.45, 2.75) is 13.0 Å². The van der Waals surface area contributed by atoms with Gasteiger partial charge in [0.05, 0.1) is 11.1 Å². The van der Waals surface area contributed by atoms with Crippen molar-refractivity contribution in [3.63, 3.8) is 0 Å². The second-order valence-corrected chi connectivity index (χ2v) is 4.99. The number of nitrogens with zero attached hydrogens (tertiary/aromatic N) is 2. The van der Waals surface area contributed by atoms with Gasteiger partial charge in [0.15, 0.2) is 0 Å². The third-order valence-corrected chi connectivity index (χ3v) is 3.52. The molecule has 0 spiro atoms. The van der Waals surface area contributed by atoms with E-state index < -0.39 is 0 Å². The summed E-state index contributed by atoms with van der Waals surface area (Å²) < 4.78 is 0. The average molecular weight is 328 g/mol. The van der Waals surface area contributed by atoms with Crippen molar-refractivity contribution >= 4 is 41.6 Å². The van der Waals surface area contributed by atoms with Gasteiger partial charge in [-0.1, -0.05) is 18.2 Å². The van der Waals surface area contributed by atoms with E-state index in [0.29, 0.717) is 11.6 Å². The molecule has 2 aromatic rings. The summed E-state index contributed by atoms with van der Waals surface area (Å²) in [6.07, 6.45) is 1.74. The summed E-state index contributed by atoms with van der Waals surface area (Å²) in [5.41, 5.74) is 1.49. The topological polar surface area (TPSA) is 45.2 Å². The molecule has 0 aliphatic carbocycles. The van der Waals surface area contributed by atoms with Crippen LogP contribution < -0.4 is 5.32 Å². The molecule has 1 aromatic carbocycles. The van der Waals surface area contributed by atoms with E-state index in [1.54, 1.807) is 6.20 Å². The van der Waals surface area contributed by atoms with Crippen LogP contribution in [0.15, 0.2) is 36.5 Å². The Morgan fingerprint density at radius 3 is 2.81 bits per heavy atom. The number of hydrogen-bond donors (Lipinski definition) is 1. The average Bonchev–Trinajstić information content (AvgIpc) is 2.46. The molecule has 0 radical (unpaired) electrons. The standard InChI is InChI=1S/C15H17N3O.2ClH/c1-11-10-18(9-8-16-11)15(19)13-6-2-4-12-5-3-7-17-14(12)13;;/h2-7,11,16H,8-10H2,1H3;2*1H/t11-;;/m0../s1. The number of pyridine rings is 1. The lowest BCUT2D eigenvalue weighted by Gasteiger charge is -2.32. The van der Waals surface area contributed by atoms with Crippen LogP contribution in [0.25, 0.3) is 10.9 Å². The van der Waals surface area contributed by atoms with Crippen LogP contribution in [0.3, 0.4) is 0 Å². The van der Waals surface area contributed by atoms with Crippen LogP contribution in [0, 0.1) is 0 Å². The molecular formula is C15H19Cl2N3O. The first kappa shape index (κ1) is 17.7. The number of carbonyl (C=O) groups excluding carboxylic acids is 1. The van der Waals surface area contributed by atoms with E-state index in [4.69, 9.17) is 0 Å². The van der Waals surface area contributed by atoms with Crippen LogP contribution in [-0.2, 0) is 0 Å². The Hall–Kier alpha value is -1.36. The van der Waals surface area contributed by atoms with Crippen molar-refractivity contribution in [3.05, 3.63) is 42.1 Å². The van der Waals surface area contributed by atoms with Crippen molar-refractivity contribution in [1.29, 1.82) is 0 Å². The van der Waals surface area contributed by atoms with Crippen molar-refractivity contribution in [3.8, 4) is 0 Å². The molecule has 1 amide bonds. The quantitative estimate of drug-likeness (QED) is 0.875. The molecule has 0 saturated carbocycles. The summed E-state index contributed by atoms with van der Waals surface area (Å²) in [4.78, 5) is 18.9. The Kier molecular flexibility index (Phi) is 6.40. The van der Waals surface area contributed by atoms with Crippen LogP contribution in [0.1, 0.15) is 17.3 Å². The smallest absolute Gasteiger partial charge is 0.256 e. The number of rotatable bonds is 1. The van der Waals surface area contributed by atoms with Crippen molar-refractivity contribution in [2.24, 2.45) is 0 Å². The summed E-state index contributed by atoms with van der Waals surface area (Å²) in [5, 5.41) is 4.36. The summed E-state index contributed by atoms with van der Waals surface area (Å²) in [7, 11) is 0. The largest absolute Gasteiger partial charge is 0.336 e. The lowest BCUT2D eigenvalue weighted by molar-refractivity contribution is 0.0711. The fraction of sp³-hybridized carbons (Fsp3) is 0.333. The SMILES string of the molecule is C[C@H]1CN(C(=O)c2cccc3cccnc23)CCN1.Cl.Cl. The lowest BCUT2D eigenvalue weighted by atomic mass is 10.1. The van der Waals surface area contributed by atoms with Gasteiger partial charge in [-0.25, -0.2) is 0 Å². The fourth-order valence-electron chi connectivity index (χ4n) is 2.56. The van der Waals surface area contributed by atoms with Crippen molar-refractivity contribution < 1.29 is 4.79 Å². The van der Waals surface area contributed by atoms with Gasteiger partial charge < -0.3 is 10.2 Å². The molecule has 0 unspecified atom stereocenters. The number of piperazine rings is 1. The van der Waals surface area contributed by atoms with Crippen molar-refractivity contribution in [2.75, 3.05) is 19.6 Å². The number of aromatic nitrogens is 1. The molecule has 21 heavy (non-hydrogen) atoms. The first-order valence-corrected chi connectivity index (χ1v) is 6.62. The van der Waals surface area contributed by atoms with Gasteiger partial charge >= 0.3 is 0 Å². The normalized spacial score (nSPS) is 17.8. The Bertz CT molecular complexity index is 615. The maximum atomic E-state index is 12.6. The predicted molar refractivity (Wildman–Crippen MR) is 89.6 cm³/mol. The number of fused-ring (bicyclic) bond motifs is 1. The van der Waals surface area contributed by atoms with E-state index >= 15 is 0 Å². The molecule has 1 atom stereocenters. The number of para-hydroxylation sites is 1. The first-order valence-electron chi connectivity index (χ1n) is 6.62. The zero-order valence-electron chi connectivity index (χ0n) is 11.8. The summed E-state index contributed by atoms with van der Waals surface area (Å²) in [5.74, 6) is 0.0812. The van der Waals surface area contributed by atoms with Gasteiger partial charge in [-0.15, -0.1) is 24.8 Å². The molecule has 0 bridgehead atoms. The van der Waals surface area contributed by atoms with E-state index in [0.717, 1.165) is 30.5 Å².